The standard InChI is InChI=1S/C16H20N4O/c1-3-20(11-15-6-4-5-12(2)18-15)16(21)13-7-9-14(19-17)10-8-13/h4-10,19H,3,11,17H2,1-2H3. The minimum Gasteiger partial charge on any atom is -0.333 e. The molecule has 0 radical (unpaired) electrons. The highest BCUT2D eigenvalue weighted by molar-refractivity contribution is 5.94. The van der Waals surface area contributed by atoms with Crippen molar-refractivity contribution in [2.75, 3.05) is 12.0 Å². The lowest BCUT2D eigenvalue weighted by atomic mass is 10.1. The van der Waals surface area contributed by atoms with Gasteiger partial charge in [-0.1, -0.05) is 6.07 Å². The van der Waals surface area contributed by atoms with Crippen molar-refractivity contribution in [1.29, 1.82) is 0 Å². The van der Waals surface area contributed by atoms with E-state index in [1.807, 2.05) is 32.0 Å². The third-order valence-corrected chi connectivity index (χ3v) is 3.27. The molecule has 0 atom stereocenters. The van der Waals surface area contributed by atoms with E-state index < -0.39 is 0 Å². The van der Waals surface area contributed by atoms with E-state index in [4.69, 9.17) is 5.84 Å². The number of nitrogens with zero attached hydrogens (tertiary/aromatic N) is 2. The van der Waals surface area contributed by atoms with Crippen LogP contribution in [-0.2, 0) is 6.54 Å². The maximum Gasteiger partial charge on any atom is 0.254 e. The van der Waals surface area contributed by atoms with Gasteiger partial charge in [-0.15, -0.1) is 0 Å². The molecule has 1 aromatic carbocycles. The summed E-state index contributed by atoms with van der Waals surface area (Å²) < 4.78 is 0. The molecule has 110 valence electrons. The van der Waals surface area contributed by atoms with Crippen molar-refractivity contribution in [2.45, 2.75) is 20.4 Å². The van der Waals surface area contributed by atoms with Crippen LogP contribution < -0.4 is 11.3 Å². The molecule has 1 aromatic heterocycles. The van der Waals surface area contributed by atoms with Gasteiger partial charge in [0.2, 0.25) is 0 Å². The van der Waals surface area contributed by atoms with Crippen molar-refractivity contribution in [1.82, 2.24) is 9.88 Å². The fraction of sp³-hybridized carbons (Fsp3) is 0.250. The third kappa shape index (κ3) is 3.79. The lowest BCUT2D eigenvalue weighted by molar-refractivity contribution is 0.0750. The lowest BCUT2D eigenvalue weighted by Crippen LogP contribution is -2.30. The van der Waals surface area contributed by atoms with Crippen molar-refractivity contribution >= 4 is 11.6 Å². The van der Waals surface area contributed by atoms with E-state index in [1.165, 1.54) is 0 Å². The summed E-state index contributed by atoms with van der Waals surface area (Å²) in [5.74, 6) is 5.31. The summed E-state index contributed by atoms with van der Waals surface area (Å²) in [6.45, 7) is 5.04. The Morgan fingerprint density at radius 3 is 2.52 bits per heavy atom. The third-order valence-electron chi connectivity index (χ3n) is 3.27. The highest BCUT2D eigenvalue weighted by Gasteiger charge is 2.15. The first-order valence-corrected chi connectivity index (χ1v) is 6.92. The molecule has 5 nitrogen and oxygen atoms in total. The summed E-state index contributed by atoms with van der Waals surface area (Å²) in [6.07, 6.45) is 0. The molecule has 21 heavy (non-hydrogen) atoms. The van der Waals surface area contributed by atoms with Gasteiger partial charge in [0.1, 0.15) is 0 Å². The molecule has 0 saturated heterocycles. The number of hydrogen-bond donors (Lipinski definition) is 2. The first-order valence-electron chi connectivity index (χ1n) is 6.92. The topological polar surface area (TPSA) is 71.2 Å². The van der Waals surface area contributed by atoms with Crippen LogP contribution in [0.15, 0.2) is 42.5 Å². The van der Waals surface area contributed by atoms with Gasteiger partial charge in [0.15, 0.2) is 0 Å². The molecule has 0 unspecified atom stereocenters. The number of benzene rings is 1. The summed E-state index contributed by atoms with van der Waals surface area (Å²) in [5.41, 5.74) is 5.81. The maximum atomic E-state index is 12.5. The zero-order valence-electron chi connectivity index (χ0n) is 12.3. The van der Waals surface area contributed by atoms with Gasteiger partial charge in [-0.25, -0.2) is 0 Å². The Bertz CT molecular complexity index is 610. The summed E-state index contributed by atoms with van der Waals surface area (Å²) in [5, 5.41) is 0. The highest BCUT2D eigenvalue weighted by Crippen LogP contribution is 2.12. The van der Waals surface area contributed by atoms with Gasteiger partial charge in [-0.05, 0) is 50.2 Å². The van der Waals surface area contributed by atoms with E-state index in [9.17, 15) is 4.79 Å². The SMILES string of the molecule is CCN(Cc1cccc(C)n1)C(=O)c1ccc(NN)cc1. The van der Waals surface area contributed by atoms with Crippen LogP contribution in [-0.4, -0.2) is 22.3 Å². The summed E-state index contributed by atoms with van der Waals surface area (Å²) in [4.78, 5) is 18.7. The number of hydrazine groups is 1. The molecular weight excluding hydrogens is 264 g/mol. The molecule has 0 saturated carbocycles. The molecule has 0 fully saturated rings. The molecule has 5 heteroatoms. The number of carbonyl (C=O) groups excluding carboxylic acids is 1. The summed E-state index contributed by atoms with van der Waals surface area (Å²) in [6, 6.07) is 12.9. The van der Waals surface area contributed by atoms with E-state index in [2.05, 4.69) is 10.4 Å². The predicted molar refractivity (Wildman–Crippen MR) is 83.6 cm³/mol. The Labute approximate surface area is 124 Å². The van der Waals surface area contributed by atoms with Gasteiger partial charge < -0.3 is 10.3 Å². The van der Waals surface area contributed by atoms with E-state index in [0.717, 1.165) is 17.1 Å². The maximum absolute atomic E-state index is 12.5. The minimum atomic E-state index is -0.00984. The lowest BCUT2D eigenvalue weighted by Gasteiger charge is -2.21. The first kappa shape index (κ1) is 15.0. The Balaban J connectivity index is 2.14. The Morgan fingerprint density at radius 2 is 1.95 bits per heavy atom. The van der Waals surface area contributed by atoms with Crippen LogP contribution in [0.1, 0.15) is 28.7 Å². The summed E-state index contributed by atoms with van der Waals surface area (Å²) in [7, 11) is 0. The number of amides is 1. The van der Waals surface area contributed by atoms with Gasteiger partial charge in [-0.2, -0.15) is 0 Å². The Hall–Kier alpha value is -2.40. The number of rotatable bonds is 5. The van der Waals surface area contributed by atoms with E-state index in [0.29, 0.717) is 18.7 Å². The molecule has 1 amide bonds. The molecule has 2 aromatic rings. The molecule has 2 rings (SSSR count). The summed E-state index contributed by atoms with van der Waals surface area (Å²) >= 11 is 0. The fourth-order valence-electron chi connectivity index (χ4n) is 2.10. The van der Waals surface area contributed by atoms with Gasteiger partial charge in [0, 0.05) is 23.5 Å². The molecule has 1 heterocycles. The smallest absolute Gasteiger partial charge is 0.254 e. The van der Waals surface area contributed by atoms with Gasteiger partial charge in [-0.3, -0.25) is 15.6 Å². The van der Waals surface area contributed by atoms with Gasteiger partial charge in [0.05, 0.1) is 12.2 Å². The second-order valence-electron chi connectivity index (χ2n) is 4.81. The van der Waals surface area contributed by atoms with Crippen LogP contribution in [0, 0.1) is 6.92 Å². The number of pyridine rings is 1. The van der Waals surface area contributed by atoms with Crippen LogP contribution in [0.3, 0.4) is 0 Å². The number of hydrogen-bond acceptors (Lipinski definition) is 4. The molecule has 0 bridgehead atoms. The number of aryl methyl sites for hydroxylation is 1. The largest absolute Gasteiger partial charge is 0.333 e. The van der Waals surface area contributed by atoms with E-state index in [1.54, 1.807) is 29.2 Å². The number of nitrogens with one attached hydrogen (secondary N) is 1. The Kier molecular flexibility index (Phi) is 4.90. The van der Waals surface area contributed by atoms with Gasteiger partial charge in [0.25, 0.3) is 5.91 Å². The number of anilines is 1. The average Bonchev–Trinajstić information content (AvgIpc) is 2.52. The molecule has 0 aliphatic carbocycles. The minimum absolute atomic E-state index is 0.00984. The first-order chi connectivity index (χ1) is 10.1. The van der Waals surface area contributed by atoms with Crippen LogP contribution in [0.5, 0.6) is 0 Å². The van der Waals surface area contributed by atoms with Crippen molar-refractivity contribution in [2.24, 2.45) is 5.84 Å². The van der Waals surface area contributed by atoms with Crippen LogP contribution in [0.2, 0.25) is 0 Å². The van der Waals surface area contributed by atoms with Crippen LogP contribution >= 0.6 is 0 Å². The fourth-order valence-corrected chi connectivity index (χ4v) is 2.10. The normalized spacial score (nSPS) is 10.2. The molecule has 0 spiro atoms. The van der Waals surface area contributed by atoms with E-state index >= 15 is 0 Å². The highest BCUT2D eigenvalue weighted by atomic mass is 16.2. The number of aromatic nitrogens is 1. The quantitative estimate of drug-likeness (QED) is 0.653. The predicted octanol–water partition coefficient (Wildman–Crippen LogP) is 2.34. The van der Waals surface area contributed by atoms with Crippen LogP contribution in [0.25, 0.3) is 0 Å². The molecular formula is C16H20N4O. The number of carbonyl (C=O) groups is 1. The molecule has 0 aliphatic heterocycles. The second kappa shape index (κ2) is 6.85. The van der Waals surface area contributed by atoms with Crippen molar-refractivity contribution in [3.05, 3.63) is 59.4 Å². The zero-order chi connectivity index (χ0) is 15.2. The average molecular weight is 284 g/mol. The van der Waals surface area contributed by atoms with Gasteiger partial charge >= 0.3 is 0 Å². The Morgan fingerprint density at radius 1 is 1.24 bits per heavy atom. The van der Waals surface area contributed by atoms with Crippen molar-refractivity contribution < 1.29 is 4.79 Å². The second-order valence-corrected chi connectivity index (χ2v) is 4.81. The number of nitrogens with two attached hydrogens (primary N) is 1. The zero-order valence-corrected chi connectivity index (χ0v) is 12.3. The monoisotopic (exact) mass is 284 g/mol. The molecule has 3 N–H and O–H groups in total. The van der Waals surface area contributed by atoms with E-state index in [-0.39, 0.29) is 5.91 Å². The van der Waals surface area contributed by atoms with Crippen molar-refractivity contribution in [3.63, 3.8) is 0 Å². The van der Waals surface area contributed by atoms with Crippen LogP contribution in [0.4, 0.5) is 5.69 Å². The number of nitrogen functional groups attached to an aromatic ring is 1. The van der Waals surface area contributed by atoms with Crippen molar-refractivity contribution in [3.8, 4) is 0 Å². The molecule has 0 aliphatic rings.